The summed E-state index contributed by atoms with van der Waals surface area (Å²) in [4.78, 5) is 5.61. The second-order valence-corrected chi connectivity index (χ2v) is 9.64. The number of hydrogen-bond acceptors (Lipinski definition) is 7. The summed E-state index contributed by atoms with van der Waals surface area (Å²) in [7, 11) is -3.83. The summed E-state index contributed by atoms with van der Waals surface area (Å²) in [5.41, 5.74) is 0.560. The van der Waals surface area contributed by atoms with Crippen molar-refractivity contribution in [2.75, 3.05) is 6.61 Å². The third kappa shape index (κ3) is 4.73. The number of ether oxygens (including phenoxy) is 1. The summed E-state index contributed by atoms with van der Waals surface area (Å²) in [5.74, 6) is 2.22. The number of nitrogens with zero attached hydrogens (tertiary/aromatic N) is 2. The molecule has 0 aliphatic heterocycles. The van der Waals surface area contributed by atoms with Gasteiger partial charge in [-0.1, -0.05) is 6.07 Å². The van der Waals surface area contributed by atoms with Crippen molar-refractivity contribution in [2.24, 2.45) is 0 Å². The molecule has 0 bridgehead atoms. The quantitative estimate of drug-likeness (QED) is 0.347. The predicted molar refractivity (Wildman–Crippen MR) is 117 cm³/mol. The summed E-state index contributed by atoms with van der Waals surface area (Å²) in [6, 6.07) is 13.7. The van der Waals surface area contributed by atoms with Crippen LogP contribution in [0.5, 0.6) is 5.75 Å². The van der Waals surface area contributed by atoms with E-state index < -0.39 is 10.0 Å². The molecule has 0 unspecified atom stereocenters. The fourth-order valence-electron chi connectivity index (χ4n) is 3.07. The zero-order valence-corrected chi connectivity index (χ0v) is 18.8. The molecule has 0 atom stereocenters. The molecule has 9 heteroatoms. The molecule has 0 aliphatic rings. The molecule has 3 aromatic heterocycles. The highest BCUT2D eigenvalue weighted by atomic mass is 32.2. The van der Waals surface area contributed by atoms with E-state index in [0.717, 1.165) is 4.88 Å². The second kappa shape index (κ2) is 9.09. The molecule has 0 N–H and O–H groups in total. The molecular weight excluding hydrogens is 436 g/mol. The number of sulfonamides is 1. The Hall–Kier alpha value is -2.88. The highest BCUT2D eigenvalue weighted by molar-refractivity contribution is 7.89. The third-order valence-corrected chi connectivity index (χ3v) is 7.30. The van der Waals surface area contributed by atoms with Crippen molar-refractivity contribution < 1.29 is 22.0 Å². The smallest absolute Gasteiger partial charge is 0.243 e. The summed E-state index contributed by atoms with van der Waals surface area (Å²) >= 11 is 1.51. The number of thiophene rings is 1. The van der Waals surface area contributed by atoms with E-state index in [1.54, 1.807) is 43.3 Å². The molecule has 0 fully saturated rings. The fraction of sp³-hybridized carbons (Fsp3) is 0.227. The van der Waals surface area contributed by atoms with Crippen LogP contribution in [0.4, 0.5) is 0 Å². The van der Waals surface area contributed by atoms with E-state index in [4.69, 9.17) is 13.6 Å². The van der Waals surface area contributed by atoms with Crippen LogP contribution in [0.15, 0.2) is 73.9 Å². The Bertz CT molecular complexity index is 1210. The lowest BCUT2D eigenvalue weighted by atomic mass is 10.3. The molecule has 4 rings (SSSR count). The van der Waals surface area contributed by atoms with Gasteiger partial charge in [0.15, 0.2) is 0 Å². The van der Waals surface area contributed by atoms with Gasteiger partial charge in [-0.3, -0.25) is 0 Å². The molecule has 4 aromatic rings. The van der Waals surface area contributed by atoms with Gasteiger partial charge < -0.3 is 13.6 Å². The van der Waals surface area contributed by atoms with Crippen LogP contribution in [0.3, 0.4) is 0 Å². The van der Waals surface area contributed by atoms with Crippen LogP contribution in [0.1, 0.15) is 24.1 Å². The predicted octanol–water partition coefficient (Wildman–Crippen LogP) is 5.09. The molecule has 0 saturated carbocycles. The molecule has 0 spiro atoms. The first kappa shape index (κ1) is 21.4. The number of aromatic nitrogens is 1. The average Bonchev–Trinajstić information content (AvgIpc) is 3.51. The minimum absolute atomic E-state index is 0.0525. The van der Waals surface area contributed by atoms with Crippen LogP contribution < -0.4 is 4.74 Å². The van der Waals surface area contributed by atoms with E-state index in [1.165, 1.54) is 21.9 Å². The Balaban J connectivity index is 1.66. The van der Waals surface area contributed by atoms with Crippen LogP contribution in [-0.4, -0.2) is 24.3 Å². The number of hydrogen-bond donors (Lipinski definition) is 0. The van der Waals surface area contributed by atoms with Gasteiger partial charge in [0.05, 0.1) is 41.4 Å². The monoisotopic (exact) mass is 458 g/mol. The van der Waals surface area contributed by atoms with E-state index in [2.05, 4.69) is 4.98 Å². The Labute approximate surface area is 185 Å². The van der Waals surface area contributed by atoms with Crippen molar-refractivity contribution in [3.8, 4) is 16.5 Å². The van der Waals surface area contributed by atoms with E-state index >= 15 is 0 Å². The van der Waals surface area contributed by atoms with Gasteiger partial charge >= 0.3 is 0 Å². The van der Waals surface area contributed by atoms with Crippen LogP contribution in [0, 0.1) is 6.92 Å². The summed E-state index contributed by atoms with van der Waals surface area (Å²) in [6.45, 7) is 4.29. The van der Waals surface area contributed by atoms with Gasteiger partial charge in [-0.05, 0) is 61.7 Å². The van der Waals surface area contributed by atoms with Crippen LogP contribution >= 0.6 is 11.3 Å². The molecule has 31 heavy (non-hydrogen) atoms. The summed E-state index contributed by atoms with van der Waals surface area (Å²) in [5, 5.41) is 1.94. The SMILES string of the molecule is CCOc1ccc(S(=O)(=O)N(Cc2ccco2)Cc2nc(-c3cccs3)oc2C)cc1. The van der Waals surface area contributed by atoms with Crippen molar-refractivity contribution in [2.45, 2.75) is 31.8 Å². The van der Waals surface area contributed by atoms with Crippen LogP contribution in [0.25, 0.3) is 10.8 Å². The largest absolute Gasteiger partial charge is 0.494 e. The van der Waals surface area contributed by atoms with E-state index in [0.29, 0.717) is 35.5 Å². The fourth-order valence-corrected chi connectivity index (χ4v) is 5.09. The molecular formula is C22H22N2O5S2. The lowest BCUT2D eigenvalue weighted by Gasteiger charge is -2.20. The van der Waals surface area contributed by atoms with E-state index in [9.17, 15) is 8.42 Å². The van der Waals surface area contributed by atoms with Crippen LogP contribution in [0.2, 0.25) is 0 Å². The Morgan fingerprint density at radius 2 is 1.90 bits per heavy atom. The van der Waals surface area contributed by atoms with Crippen molar-refractivity contribution in [3.05, 3.63) is 77.4 Å². The highest BCUT2D eigenvalue weighted by Gasteiger charge is 2.28. The lowest BCUT2D eigenvalue weighted by molar-refractivity contribution is 0.339. The van der Waals surface area contributed by atoms with Gasteiger partial charge in [-0.25, -0.2) is 13.4 Å². The van der Waals surface area contributed by atoms with Gasteiger partial charge in [-0.15, -0.1) is 11.3 Å². The normalized spacial score (nSPS) is 11.8. The minimum Gasteiger partial charge on any atom is -0.494 e. The first-order chi connectivity index (χ1) is 15.0. The maximum absolute atomic E-state index is 13.5. The van der Waals surface area contributed by atoms with E-state index in [-0.39, 0.29) is 18.0 Å². The first-order valence-electron chi connectivity index (χ1n) is 9.73. The van der Waals surface area contributed by atoms with E-state index in [1.807, 2.05) is 24.4 Å². The third-order valence-electron chi connectivity index (χ3n) is 4.64. The number of aryl methyl sites for hydroxylation is 1. The lowest BCUT2D eigenvalue weighted by Crippen LogP contribution is -2.30. The standard InChI is InChI=1S/C22H22N2O5S2/c1-3-27-17-8-10-19(11-9-17)31(25,26)24(14-18-6-4-12-28-18)15-20-16(2)29-22(23-20)21-7-5-13-30-21/h4-13H,3,14-15H2,1-2H3. The summed E-state index contributed by atoms with van der Waals surface area (Å²) < 4.78 is 44.9. The van der Waals surface area contributed by atoms with Crippen molar-refractivity contribution >= 4 is 21.4 Å². The zero-order valence-electron chi connectivity index (χ0n) is 17.1. The Morgan fingerprint density at radius 1 is 1.10 bits per heavy atom. The first-order valence-corrected chi connectivity index (χ1v) is 12.0. The Morgan fingerprint density at radius 3 is 2.55 bits per heavy atom. The average molecular weight is 459 g/mol. The molecule has 162 valence electrons. The van der Waals surface area contributed by atoms with Gasteiger partial charge in [0.1, 0.15) is 17.3 Å². The van der Waals surface area contributed by atoms with Gasteiger partial charge in [0.25, 0.3) is 0 Å². The van der Waals surface area contributed by atoms with Crippen molar-refractivity contribution in [1.29, 1.82) is 0 Å². The number of oxazole rings is 1. The number of furan rings is 1. The molecule has 0 amide bonds. The molecule has 0 aliphatic carbocycles. The number of rotatable bonds is 9. The number of benzene rings is 1. The van der Waals surface area contributed by atoms with Gasteiger partial charge in [-0.2, -0.15) is 4.31 Å². The van der Waals surface area contributed by atoms with Crippen LogP contribution in [-0.2, 0) is 23.1 Å². The van der Waals surface area contributed by atoms with Gasteiger partial charge in [0, 0.05) is 0 Å². The highest BCUT2D eigenvalue weighted by Crippen LogP contribution is 2.28. The topological polar surface area (TPSA) is 85.8 Å². The molecule has 0 saturated heterocycles. The molecule has 3 heterocycles. The van der Waals surface area contributed by atoms with Gasteiger partial charge in [0.2, 0.25) is 15.9 Å². The molecule has 1 aromatic carbocycles. The minimum atomic E-state index is -3.83. The maximum atomic E-state index is 13.5. The zero-order chi connectivity index (χ0) is 21.8. The van der Waals surface area contributed by atoms with Crippen molar-refractivity contribution in [3.63, 3.8) is 0 Å². The molecule has 7 nitrogen and oxygen atoms in total. The Kier molecular flexibility index (Phi) is 6.26. The molecule has 0 radical (unpaired) electrons. The summed E-state index contributed by atoms with van der Waals surface area (Å²) in [6.07, 6.45) is 1.52. The maximum Gasteiger partial charge on any atom is 0.243 e. The second-order valence-electron chi connectivity index (χ2n) is 6.76. The van der Waals surface area contributed by atoms with Crippen molar-refractivity contribution in [1.82, 2.24) is 9.29 Å².